The lowest BCUT2D eigenvalue weighted by atomic mass is 9.51. The molecule has 6 atom stereocenters. The molecule has 0 bridgehead atoms. The van der Waals surface area contributed by atoms with E-state index in [0.717, 1.165) is 37.5 Å². The number of fused-ring (bicyclic) bond motifs is 5. The van der Waals surface area contributed by atoms with Gasteiger partial charge in [0.2, 0.25) is 23.6 Å². The van der Waals surface area contributed by atoms with E-state index in [1.807, 2.05) is 73.7 Å². The van der Waals surface area contributed by atoms with Gasteiger partial charge >= 0.3 is 0 Å². The maximum atomic E-state index is 15.3. The first kappa shape index (κ1) is 39.4. The van der Waals surface area contributed by atoms with Crippen LogP contribution in [0.4, 0.5) is 22.9 Å². The largest absolute Gasteiger partial charge is 0.504 e. The highest BCUT2D eigenvalue weighted by atomic mass is 79.9. The lowest BCUT2D eigenvalue weighted by molar-refractivity contribution is -0.131. The molecule has 2 aromatic heterocycles. The smallest absolute Gasteiger partial charge is 0.242 e. The number of allylic oxidation sites excluding steroid dienone is 2. The zero-order valence-electron chi connectivity index (χ0n) is 33.5. The number of ether oxygens (including phenoxy) is 1. The minimum absolute atomic E-state index is 0.153. The summed E-state index contributed by atoms with van der Waals surface area (Å²) in [5.74, 6) is -5.00. The first-order valence-electron chi connectivity index (χ1n) is 20.0. The number of aromatic hydroxyl groups is 1. The number of nitrogens with one attached hydrogen (secondary N) is 1. The molecule has 4 amide bonds. The second-order valence-electron chi connectivity index (χ2n) is 16.5. The molecule has 2 aliphatic carbocycles. The van der Waals surface area contributed by atoms with Crippen molar-refractivity contribution in [2.24, 2.45) is 36.1 Å². The lowest BCUT2D eigenvalue weighted by Gasteiger charge is -2.49. The maximum Gasteiger partial charge on any atom is 0.242 e. The first-order valence-corrected chi connectivity index (χ1v) is 22.0. The molecule has 10 rings (SSSR count). The van der Waals surface area contributed by atoms with Gasteiger partial charge in [0.05, 0.1) is 40.8 Å². The monoisotopic (exact) mass is 915 g/mol. The van der Waals surface area contributed by atoms with Gasteiger partial charge in [-0.3, -0.25) is 28.8 Å². The minimum Gasteiger partial charge on any atom is -0.504 e. The Morgan fingerprint density at radius 1 is 0.918 bits per heavy atom. The van der Waals surface area contributed by atoms with Crippen LogP contribution in [0.3, 0.4) is 0 Å². The van der Waals surface area contributed by atoms with E-state index < -0.39 is 46.8 Å². The van der Waals surface area contributed by atoms with Crippen molar-refractivity contribution in [1.82, 2.24) is 9.78 Å². The normalized spacial score (nSPS) is 24.6. The van der Waals surface area contributed by atoms with Crippen molar-refractivity contribution in [3.8, 4) is 22.1 Å². The van der Waals surface area contributed by atoms with E-state index in [-0.39, 0.29) is 36.2 Å². The topological polar surface area (TPSA) is 134 Å². The molecule has 3 fully saturated rings. The molecule has 308 valence electrons. The number of thiophene rings is 1. The fourth-order valence-corrected chi connectivity index (χ4v) is 12.2. The molecular formula is C47H39BrClN5O6S. The Bertz CT molecular complexity index is 2890. The molecule has 4 aliphatic rings. The van der Waals surface area contributed by atoms with E-state index in [1.54, 1.807) is 60.3 Å². The van der Waals surface area contributed by atoms with Gasteiger partial charge in [-0.15, -0.1) is 11.3 Å². The molecule has 4 heterocycles. The molecule has 11 nitrogen and oxygen atoms in total. The van der Waals surface area contributed by atoms with Crippen LogP contribution in [0.2, 0.25) is 5.02 Å². The van der Waals surface area contributed by atoms with Crippen molar-refractivity contribution in [2.45, 2.75) is 32.6 Å². The highest BCUT2D eigenvalue weighted by Crippen LogP contribution is 2.65. The van der Waals surface area contributed by atoms with Crippen LogP contribution in [0.1, 0.15) is 36.8 Å². The average Bonchev–Trinajstić information content (AvgIpc) is 3.92. The van der Waals surface area contributed by atoms with Crippen LogP contribution in [0.15, 0.2) is 107 Å². The van der Waals surface area contributed by atoms with Crippen LogP contribution in [-0.2, 0) is 26.2 Å². The molecule has 61 heavy (non-hydrogen) atoms. The van der Waals surface area contributed by atoms with Crippen LogP contribution in [-0.4, -0.2) is 45.6 Å². The van der Waals surface area contributed by atoms with Gasteiger partial charge in [-0.2, -0.15) is 5.10 Å². The number of amides is 4. The third-order valence-corrected chi connectivity index (χ3v) is 15.3. The van der Waals surface area contributed by atoms with Gasteiger partial charge in [0.1, 0.15) is 11.5 Å². The molecular weight excluding hydrogens is 878 g/mol. The summed E-state index contributed by atoms with van der Waals surface area (Å²) in [7, 11) is 3.16. The summed E-state index contributed by atoms with van der Waals surface area (Å²) < 4.78 is 8.78. The molecule has 2 aliphatic heterocycles. The van der Waals surface area contributed by atoms with Crippen LogP contribution >= 0.6 is 38.9 Å². The molecule has 0 radical (unpaired) electrons. The third-order valence-electron chi connectivity index (χ3n) is 13.3. The number of phenolic OH excluding ortho intramolecular Hbond substituents is 1. The number of nitrogens with zero attached hydrogens (tertiary/aromatic N) is 4. The van der Waals surface area contributed by atoms with Crippen LogP contribution in [0.25, 0.3) is 20.7 Å². The number of halogens is 2. The number of phenols is 1. The number of aromatic nitrogens is 2. The Labute approximate surface area is 368 Å². The van der Waals surface area contributed by atoms with E-state index in [1.165, 1.54) is 16.9 Å². The van der Waals surface area contributed by atoms with Gasteiger partial charge in [0, 0.05) is 50.2 Å². The molecule has 1 saturated carbocycles. The third kappa shape index (κ3) is 5.91. The standard InChI is InChI=1S/C47H39BrClN5O6S/c1-23-31-20-25(49)10-17-37(31)61-42(23)35-22-38(52(3)51-35)54-44(57)34-21-32-29(40(47(34,2)46(54)59)33-18-24(48)19-36(60-4)41(33)55)15-16-30-39(32)45(58)53(43(30)56)28-13-11-27(12-14-28)50-26-8-6-5-7-9-26/h5-15,17-20,22,30,32,34,39-40,50,55H,16,21H2,1-4H3/t30-,32+,34-,39-,40+,47+/m0/s1. The quantitative estimate of drug-likeness (QED) is 0.120. The number of carbonyl (C=O) groups excluding carboxylic acids is 4. The summed E-state index contributed by atoms with van der Waals surface area (Å²) in [5, 5.41) is 21.6. The highest BCUT2D eigenvalue weighted by Gasteiger charge is 2.68. The number of hydrogen-bond donors (Lipinski definition) is 2. The number of aryl methyl sites for hydroxylation is 2. The number of para-hydroxylation sites is 1. The summed E-state index contributed by atoms with van der Waals surface area (Å²) in [5.41, 5.74) is 3.48. The van der Waals surface area contributed by atoms with E-state index >= 15 is 9.59 Å². The van der Waals surface area contributed by atoms with Crippen molar-refractivity contribution in [3.05, 3.63) is 123 Å². The summed E-state index contributed by atoms with van der Waals surface area (Å²) in [6.45, 7) is 3.79. The Morgan fingerprint density at radius 2 is 1.66 bits per heavy atom. The van der Waals surface area contributed by atoms with Crippen LogP contribution in [0, 0.1) is 36.0 Å². The van der Waals surface area contributed by atoms with Gasteiger partial charge in [0.15, 0.2) is 11.5 Å². The van der Waals surface area contributed by atoms with Crippen molar-refractivity contribution in [2.75, 3.05) is 22.2 Å². The van der Waals surface area contributed by atoms with Crippen molar-refractivity contribution in [3.63, 3.8) is 0 Å². The minimum atomic E-state index is -1.41. The number of benzene rings is 4. The highest BCUT2D eigenvalue weighted by molar-refractivity contribution is 9.10. The number of imide groups is 2. The van der Waals surface area contributed by atoms with Crippen molar-refractivity contribution >= 4 is 95.5 Å². The second-order valence-corrected chi connectivity index (χ2v) is 18.9. The van der Waals surface area contributed by atoms with Crippen molar-refractivity contribution < 1.29 is 29.0 Å². The Hall–Kier alpha value is -5.76. The van der Waals surface area contributed by atoms with Gasteiger partial charge < -0.3 is 15.2 Å². The number of methoxy groups -OCH3 is 1. The number of rotatable bonds is 7. The van der Waals surface area contributed by atoms with Crippen LogP contribution < -0.4 is 19.9 Å². The molecule has 0 spiro atoms. The van der Waals surface area contributed by atoms with E-state index in [9.17, 15) is 14.7 Å². The predicted molar refractivity (Wildman–Crippen MR) is 239 cm³/mol. The van der Waals surface area contributed by atoms with Gasteiger partial charge in [0.25, 0.3) is 0 Å². The Morgan fingerprint density at radius 3 is 2.39 bits per heavy atom. The molecule has 6 aromatic rings. The SMILES string of the molecule is COc1cc(Br)cc([C@H]2C3=CC[C@@H]4C(=O)N(c5ccc(Nc6ccccc6)cc5)C(=O)[C@@H]4[C@@H]3C[C@H]3C(=O)N(c4cc(-c5sc6ccc(Cl)cc6c5C)nn4C)C(=O)[C@@]23C)c1O. The maximum absolute atomic E-state index is 15.3. The zero-order valence-corrected chi connectivity index (χ0v) is 36.6. The average molecular weight is 917 g/mol. The second kappa shape index (κ2) is 14.4. The molecule has 2 N–H and O–H groups in total. The fraction of sp³-hybridized carbons (Fsp3) is 0.255. The summed E-state index contributed by atoms with van der Waals surface area (Å²) >= 11 is 11.5. The molecule has 2 saturated heterocycles. The zero-order chi connectivity index (χ0) is 42.6. The summed E-state index contributed by atoms with van der Waals surface area (Å²) in [6, 6.07) is 27.8. The predicted octanol–water partition coefficient (Wildman–Crippen LogP) is 9.92. The molecule has 4 aromatic carbocycles. The van der Waals surface area contributed by atoms with Crippen molar-refractivity contribution in [1.29, 1.82) is 0 Å². The van der Waals surface area contributed by atoms with Gasteiger partial charge in [-0.1, -0.05) is 57.4 Å². The van der Waals surface area contributed by atoms with E-state index in [2.05, 4.69) is 21.2 Å². The molecule has 14 heteroatoms. The van der Waals surface area contributed by atoms with Crippen LogP contribution in [0.5, 0.6) is 11.5 Å². The molecule has 0 unspecified atom stereocenters. The van der Waals surface area contributed by atoms with Gasteiger partial charge in [-0.25, -0.2) is 4.90 Å². The number of carbonyl (C=O) groups is 4. The first-order chi connectivity index (χ1) is 29.3. The number of anilines is 4. The van der Waals surface area contributed by atoms with E-state index in [0.29, 0.717) is 32.3 Å². The lowest BCUT2D eigenvalue weighted by Crippen LogP contribution is -2.49. The summed E-state index contributed by atoms with van der Waals surface area (Å²) in [6.07, 6.45) is 2.37. The Balaban J connectivity index is 1.05. The Kier molecular flexibility index (Phi) is 9.31. The fourth-order valence-electron chi connectivity index (χ4n) is 10.4. The van der Waals surface area contributed by atoms with E-state index in [4.69, 9.17) is 21.4 Å². The number of hydrogen-bond acceptors (Lipinski definition) is 9. The van der Waals surface area contributed by atoms with Gasteiger partial charge in [-0.05, 0) is 110 Å². The summed E-state index contributed by atoms with van der Waals surface area (Å²) in [4.78, 5) is 62.8.